The van der Waals surface area contributed by atoms with E-state index in [9.17, 15) is 13.2 Å². The largest absolute Gasteiger partial charge is 0.497 e. The molecule has 7 nitrogen and oxygen atoms in total. The van der Waals surface area contributed by atoms with Gasteiger partial charge in [0.1, 0.15) is 5.75 Å². The third-order valence-electron chi connectivity index (χ3n) is 6.61. The second kappa shape index (κ2) is 9.60. The lowest BCUT2D eigenvalue weighted by atomic mass is 9.87. The molecule has 172 valence electrons. The number of carbonyl (C=O) groups excluding carboxylic acids is 1. The Kier molecular flexibility index (Phi) is 6.83. The van der Waals surface area contributed by atoms with Gasteiger partial charge in [-0.15, -0.1) is 0 Å². The van der Waals surface area contributed by atoms with Gasteiger partial charge in [0.15, 0.2) is 0 Å². The van der Waals surface area contributed by atoms with Gasteiger partial charge in [-0.2, -0.15) is 0 Å². The average Bonchev–Trinajstić information content (AvgIpc) is 3.22. The summed E-state index contributed by atoms with van der Waals surface area (Å²) < 4.78 is 33.9. The number of carbonyl (C=O) groups is 1. The SMILES string of the molecule is COc1ccc([C@H]2C[C@H](NS(=O)(=O)c3ccccc3)C[C@@H]2C(=O)N2CCN(C)CC2)cc1. The molecule has 8 heteroatoms. The molecule has 2 aromatic carbocycles. The standard InChI is InChI=1S/C24H31N3O4S/c1-26-12-14-27(15-13-26)24(28)23-17-19(25-32(29,30)21-6-4-3-5-7-21)16-22(23)18-8-10-20(31-2)11-9-18/h3-11,19,22-23,25H,12-17H2,1-2H3/t19-,22+,23-/m0/s1. The topological polar surface area (TPSA) is 78.9 Å². The van der Waals surface area contributed by atoms with Crippen LogP contribution in [0, 0.1) is 5.92 Å². The minimum Gasteiger partial charge on any atom is -0.497 e. The van der Waals surface area contributed by atoms with Gasteiger partial charge in [-0.3, -0.25) is 4.79 Å². The van der Waals surface area contributed by atoms with Gasteiger partial charge in [-0.25, -0.2) is 13.1 Å². The molecule has 1 saturated heterocycles. The van der Waals surface area contributed by atoms with Gasteiger partial charge in [-0.1, -0.05) is 30.3 Å². The number of sulfonamides is 1. The summed E-state index contributed by atoms with van der Waals surface area (Å²) >= 11 is 0. The van der Waals surface area contributed by atoms with E-state index in [1.807, 2.05) is 29.2 Å². The van der Waals surface area contributed by atoms with Gasteiger partial charge in [0.25, 0.3) is 0 Å². The lowest BCUT2D eigenvalue weighted by molar-refractivity contribution is -0.137. The highest BCUT2D eigenvalue weighted by molar-refractivity contribution is 7.89. The van der Waals surface area contributed by atoms with Gasteiger partial charge in [0.05, 0.1) is 12.0 Å². The first kappa shape index (κ1) is 22.8. The van der Waals surface area contributed by atoms with Crippen LogP contribution in [0.25, 0.3) is 0 Å². The van der Waals surface area contributed by atoms with Gasteiger partial charge < -0.3 is 14.5 Å². The molecular weight excluding hydrogens is 426 g/mol. The fraction of sp³-hybridized carbons (Fsp3) is 0.458. The Morgan fingerprint density at radius 2 is 1.62 bits per heavy atom. The Morgan fingerprint density at radius 3 is 2.25 bits per heavy atom. The lowest BCUT2D eigenvalue weighted by Gasteiger charge is -2.35. The first-order valence-corrected chi connectivity index (χ1v) is 12.5. The quantitative estimate of drug-likeness (QED) is 0.720. The molecule has 1 amide bonds. The van der Waals surface area contributed by atoms with Crippen molar-refractivity contribution in [1.82, 2.24) is 14.5 Å². The van der Waals surface area contributed by atoms with Crippen molar-refractivity contribution in [1.29, 1.82) is 0 Å². The summed E-state index contributed by atoms with van der Waals surface area (Å²) in [6.07, 6.45) is 1.08. The van der Waals surface area contributed by atoms with Gasteiger partial charge >= 0.3 is 0 Å². The van der Waals surface area contributed by atoms with Crippen molar-refractivity contribution >= 4 is 15.9 Å². The Labute approximate surface area is 190 Å². The number of ether oxygens (including phenoxy) is 1. The Morgan fingerprint density at radius 1 is 0.969 bits per heavy atom. The van der Waals surface area contributed by atoms with Crippen LogP contribution in [0.5, 0.6) is 5.75 Å². The summed E-state index contributed by atoms with van der Waals surface area (Å²) in [6.45, 7) is 3.13. The van der Waals surface area contributed by atoms with Crippen molar-refractivity contribution in [3.05, 3.63) is 60.2 Å². The fourth-order valence-corrected chi connectivity index (χ4v) is 6.06. The van der Waals surface area contributed by atoms with Crippen LogP contribution >= 0.6 is 0 Å². The Balaban J connectivity index is 1.56. The van der Waals surface area contributed by atoms with E-state index < -0.39 is 10.0 Å². The highest BCUT2D eigenvalue weighted by atomic mass is 32.2. The number of piperazine rings is 1. The molecule has 0 aromatic heterocycles. The van der Waals surface area contributed by atoms with Crippen LogP contribution in [0.4, 0.5) is 0 Å². The normalized spacial score (nSPS) is 24.4. The van der Waals surface area contributed by atoms with Crippen LogP contribution in [-0.2, 0) is 14.8 Å². The highest BCUT2D eigenvalue weighted by Gasteiger charge is 2.42. The summed E-state index contributed by atoms with van der Waals surface area (Å²) in [5.41, 5.74) is 1.04. The van der Waals surface area contributed by atoms with Crippen molar-refractivity contribution in [2.24, 2.45) is 5.92 Å². The van der Waals surface area contributed by atoms with Gasteiger partial charge in [-0.05, 0) is 55.6 Å². The molecule has 1 aliphatic heterocycles. The molecular formula is C24H31N3O4S. The minimum atomic E-state index is -3.64. The molecule has 0 radical (unpaired) electrons. The summed E-state index contributed by atoms with van der Waals surface area (Å²) in [4.78, 5) is 17.9. The predicted octanol–water partition coefficient (Wildman–Crippen LogP) is 2.31. The van der Waals surface area contributed by atoms with E-state index in [4.69, 9.17) is 4.74 Å². The number of amides is 1. The molecule has 2 aliphatic rings. The second-order valence-electron chi connectivity index (χ2n) is 8.72. The number of rotatable bonds is 6. The van der Waals surface area contributed by atoms with Crippen molar-refractivity contribution < 1.29 is 17.9 Å². The summed E-state index contributed by atoms with van der Waals surface area (Å²) in [6, 6.07) is 15.9. The maximum Gasteiger partial charge on any atom is 0.240 e. The molecule has 1 aliphatic carbocycles. The molecule has 4 rings (SSSR count). The molecule has 1 saturated carbocycles. The molecule has 2 aromatic rings. The van der Waals surface area contributed by atoms with Crippen LogP contribution in [-0.4, -0.2) is 70.5 Å². The number of hydrogen-bond donors (Lipinski definition) is 1. The monoisotopic (exact) mass is 457 g/mol. The van der Waals surface area contributed by atoms with E-state index >= 15 is 0 Å². The molecule has 3 atom stereocenters. The number of likely N-dealkylation sites (N-methyl/N-ethyl adjacent to an activating group) is 1. The van der Waals surface area contributed by atoms with Crippen molar-refractivity contribution in [3.63, 3.8) is 0 Å². The minimum absolute atomic E-state index is 0.0449. The third-order valence-corrected chi connectivity index (χ3v) is 8.15. The van der Waals surface area contributed by atoms with Crippen LogP contribution in [0.1, 0.15) is 24.3 Å². The number of benzene rings is 2. The summed E-state index contributed by atoms with van der Waals surface area (Å²) in [5, 5.41) is 0. The molecule has 1 N–H and O–H groups in total. The maximum atomic E-state index is 13.5. The molecule has 0 spiro atoms. The molecule has 2 fully saturated rings. The zero-order valence-electron chi connectivity index (χ0n) is 18.6. The van der Waals surface area contributed by atoms with Crippen LogP contribution in [0.3, 0.4) is 0 Å². The zero-order chi connectivity index (χ0) is 22.7. The zero-order valence-corrected chi connectivity index (χ0v) is 19.4. The van der Waals surface area contributed by atoms with Crippen LogP contribution < -0.4 is 9.46 Å². The first-order chi connectivity index (χ1) is 15.4. The molecule has 1 heterocycles. The Hall–Kier alpha value is -2.42. The van der Waals surface area contributed by atoms with E-state index in [0.717, 1.165) is 24.4 Å². The van der Waals surface area contributed by atoms with Crippen molar-refractivity contribution in [2.45, 2.75) is 29.7 Å². The summed E-state index contributed by atoms with van der Waals surface area (Å²) in [5.74, 6) is 0.585. The van der Waals surface area contributed by atoms with Gasteiger partial charge in [0, 0.05) is 38.1 Å². The second-order valence-corrected chi connectivity index (χ2v) is 10.4. The molecule has 0 bridgehead atoms. The van der Waals surface area contributed by atoms with E-state index in [1.165, 1.54) is 0 Å². The average molecular weight is 458 g/mol. The van der Waals surface area contributed by atoms with Gasteiger partial charge in [0.2, 0.25) is 15.9 Å². The van der Waals surface area contributed by atoms with E-state index in [-0.39, 0.29) is 28.7 Å². The molecule has 0 unspecified atom stereocenters. The number of hydrogen-bond acceptors (Lipinski definition) is 5. The van der Waals surface area contributed by atoms with E-state index in [1.54, 1.807) is 37.4 Å². The van der Waals surface area contributed by atoms with Crippen LogP contribution in [0.2, 0.25) is 0 Å². The maximum absolute atomic E-state index is 13.5. The molecule has 32 heavy (non-hydrogen) atoms. The highest BCUT2D eigenvalue weighted by Crippen LogP contribution is 2.42. The first-order valence-electron chi connectivity index (χ1n) is 11.1. The van der Waals surface area contributed by atoms with Crippen LogP contribution in [0.15, 0.2) is 59.5 Å². The van der Waals surface area contributed by atoms with Crippen molar-refractivity contribution in [2.75, 3.05) is 40.3 Å². The lowest BCUT2D eigenvalue weighted by Crippen LogP contribution is -2.49. The summed E-state index contributed by atoms with van der Waals surface area (Å²) in [7, 11) is 0.0423. The Bertz CT molecular complexity index is 1020. The third kappa shape index (κ3) is 4.98. The predicted molar refractivity (Wildman–Crippen MR) is 123 cm³/mol. The van der Waals surface area contributed by atoms with E-state index in [0.29, 0.717) is 25.9 Å². The number of nitrogens with one attached hydrogen (secondary N) is 1. The fourth-order valence-electron chi connectivity index (χ4n) is 4.77. The smallest absolute Gasteiger partial charge is 0.240 e. The van der Waals surface area contributed by atoms with Crippen molar-refractivity contribution in [3.8, 4) is 5.75 Å². The van der Waals surface area contributed by atoms with E-state index in [2.05, 4.69) is 16.7 Å². The number of nitrogens with zero attached hydrogens (tertiary/aromatic N) is 2. The number of methoxy groups -OCH3 is 1.